The lowest BCUT2D eigenvalue weighted by Gasteiger charge is -2.34. The van der Waals surface area contributed by atoms with E-state index in [1.165, 1.54) is 24.9 Å². The van der Waals surface area contributed by atoms with E-state index in [4.69, 9.17) is 5.10 Å². The first-order valence-electron chi connectivity index (χ1n) is 14.1. The molecule has 2 aromatic rings. The fraction of sp³-hybridized carbons (Fsp3) is 0.643. The molecule has 4 heterocycles. The predicted octanol–water partition coefficient (Wildman–Crippen LogP) is 4.22. The molecule has 11 heteroatoms. The number of carbonyl (C=O) groups excluding carboxylic acids is 2. The Morgan fingerprint density at radius 3 is 2.46 bits per heavy atom. The SMILES string of the molecule is CC(=O)NC1CCN(C(=O)c2nn(CCC3CCN(c4ncccc4C(F)(F)F)CC3)c3c2CCCC3)CC1. The van der Waals surface area contributed by atoms with Gasteiger partial charge in [-0.2, -0.15) is 18.3 Å². The van der Waals surface area contributed by atoms with Gasteiger partial charge in [0.2, 0.25) is 5.91 Å². The van der Waals surface area contributed by atoms with Crippen LogP contribution in [0.25, 0.3) is 0 Å². The second kappa shape index (κ2) is 11.6. The average Bonchev–Trinajstić information content (AvgIpc) is 3.30. The first-order valence-corrected chi connectivity index (χ1v) is 14.1. The van der Waals surface area contributed by atoms with Crippen molar-refractivity contribution in [3.8, 4) is 0 Å². The second-order valence-corrected chi connectivity index (χ2v) is 11.1. The van der Waals surface area contributed by atoms with Crippen molar-refractivity contribution in [2.24, 2.45) is 5.92 Å². The number of nitrogens with one attached hydrogen (secondary N) is 1. The zero-order chi connectivity index (χ0) is 27.6. The molecular formula is C28H37F3N6O2. The summed E-state index contributed by atoms with van der Waals surface area (Å²) in [7, 11) is 0. The van der Waals surface area contributed by atoms with Crippen LogP contribution < -0.4 is 10.2 Å². The summed E-state index contributed by atoms with van der Waals surface area (Å²) >= 11 is 0. The minimum Gasteiger partial charge on any atom is -0.356 e. The third kappa shape index (κ3) is 6.22. The number of hydrogen-bond acceptors (Lipinski definition) is 5. The summed E-state index contributed by atoms with van der Waals surface area (Å²) in [6, 6.07) is 2.54. The highest BCUT2D eigenvalue weighted by Gasteiger charge is 2.36. The number of amides is 2. The maximum atomic E-state index is 13.5. The molecule has 0 saturated carbocycles. The molecule has 0 atom stereocenters. The van der Waals surface area contributed by atoms with Crippen LogP contribution in [-0.2, 0) is 30.4 Å². The van der Waals surface area contributed by atoms with E-state index in [1.807, 2.05) is 9.58 Å². The fourth-order valence-corrected chi connectivity index (χ4v) is 6.30. The number of aromatic nitrogens is 3. The number of pyridine rings is 1. The molecule has 1 N–H and O–H groups in total. The van der Waals surface area contributed by atoms with Gasteiger partial charge in [-0.3, -0.25) is 14.3 Å². The van der Waals surface area contributed by atoms with E-state index in [0.717, 1.165) is 69.4 Å². The Morgan fingerprint density at radius 1 is 1.05 bits per heavy atom. The number of aryl methyl sites for hydroxylation is 1. The Hall–Kier alpha value is -3.11. The van der Waals surface area contributed by atoms with Crippen LogP contribution in [-0.4, -0.2) is 63.7 Å². The number of likely N-dealkylation sites (tertiary alicyclic amines) is 1. The van der Waals surface area contributed by atoms with E-state index in [2.05, 4.69) is 10.3 Å². The Kier molecular flexibility index (Phi) is 8.13. The van der Waals surface area contributed by atoms with Crippen molar-refractivity contribution in [2.45, 2.75) is 83.5 Å². The van der Waals surface area contributed by atoms with Gasteiger partial charge < -0.3 is 15.1 Å². The molecule has 2 amide bonds. The molecule has 5 rings (SSSR count). The Labute approximate surface area is 226 Å². The molecule has 0 aromatic carbocycles. The molecule has 2 aromatic heterocycles. The van der Waals surface area contributed by atoms with Gasteiger partial charge in [0.05, 0.1) is 5.56 Å². The molecule has 8 nitrogen and oxygen atoms in total. The molecule has 212 valence electrons. The van der Waals surface area contributed by atoms with E-state index in [9.17, 15) is 22.8 Å². The van der Waals surface area contributed by atoms with Gasteiger partial charge in [0.1, 0.15) is 5.82 Å². The lowest BCUT2D eigenvalue weighted by atomic mass is 9.92. The molecule has 39 heavy (non-hydrogen) atoms. The van der Waals surface area contributed by atoms with Crippen LogP contribution in [0.5, 0.6) is 0 Å². The van der Waals surface area contributed by atoms with Gasteiger partial charge >= 0.3 is 6.18 Å². The van der Waals surface area contributed by atoms with E-state index < -0.39 is 11.7 Å². The highest BCUT2D eigenvalue weighted by molar-refractivity contribution is 5.94. The Balaban J connectivity index is 1.20. The normalized spacial score (nSPS) is 19.2. The van der Waals surface area contributed by atoms with Crippen molar-refractivity contribution in [2.75, 3.05) is 31.1 Å². The number of nitrogens with zero attached hydrogens (tertiary/aromatic N) is 5. The van der Waals surface area contributed by atoms with Crippen LogP contribution in [0, 0.1) is 5.92 Å². The summed E-state index contributed by atoms with van der Waals surface area (Å²) in [6.45, 7) is 4.53. The van der Waals surface area contributed by atoms with Gasteiger partial charge in [0.15, 0.2) is 5.69 Å². The molecule has 0 unspecified atom stereocenters. The largest absolute Gasteiger partial charge is 0.419 e. The molecule has 2 aliphatic heterocycles. The van der Waals surface area contributed by atoms with Gasteiger partial charge in [0, 0.05) is 63.1 Å². The Morgan fingerprint density at radius 2 is 1.77 bits per heavy atom. The first-order chi connectivity index (χ1) is 18.7. The van der Waals surface area contributed by atoms with Crippen molar-refractivity contribution >= 4 is 17.6 Å². The van der Waals surface area contributed by atoms with E-state index >= 15 is 0 Å². The van der Waals surface area contributed by atoms with Gasteiger partial charge in [0.25, 0.3) is 5.91 Å². The topological polar surface area (TPSA) is 83.4 Å². The maximum absolute atomic E-state index is 13.5. The number of hydrogen-bond donors (Lipinski definition) is 1. The number of carbonyl (C=O) groups is 2. The van der Waals surface area contributed by atoms with Crippen LogP contribution in [0.1, 0.15) is 79.2 Å². The second-order valence-electron chi connectivity index (χ2n) is 11.1. The van der Waals surface area contributed by atoms with Crippen LogP contribution >= 0.6 is 0 Å². The summed E-state index contributed by atoms with van der Waals surface area (Å²) in [5, 5.41) is 7.78. The highest BCUT2D eigenvalue weighted by atomic mass is 19.4. The lowest BCUT2D eigenvalue weighted by Crippen LogP contribution is -2.46. The molecule has 2 fully saturated rings. The smallest absolute Gasteiger partial charge is 0.356 e. The predicted molar refractivity (Wildman–Crippen MR) is 140 cm³/mol. The molecule has 0 spiro atoms. The van der Waals surface area contributed by atoms with Crippen LogP contribution in [0.2, 0.25) is 0 Å². The van der Waals surface area contributed by atoms with Gasteiger partial charge in [-0.1, -0.05) is 0 Å². The minimum absolute atomic E-state index is 0.0164. The summed E-state index contributed by atoms with van der Waals surface area (Å²) in [6.07, 6.45) is 4.88. The van der Waals surface area contributed by atoms with Crippen LogP contribution in [0.4, 0.5) is 19.0 Å². The molecule has 0 radical (unpaired) electrons. The van der Waals surface area contributed by atoms with Gasteiger partial charge in [-0.05, 0) is 75.8 Å². The molecular weight excluding hydrogens is 509 g/mol. The van der Waals surface area contributed by atoms with Crippen LogP contribution in [0.3, 0.4) is 0 Å². The highest BCUT2D eigenvalue weighted by Crippen LogP contribution is 2.37. The summed E-state index contributed by atoms with van der Waals surface area (Å²) in [5.41, 5.74) is 2.15. The maximum Gasteiger partial charge on any atom is 0.419 e. The molecule has 3 aliphatic rings. The average molecular weight is 547 g/mol. The standard InChI is InChI=1S/C28H37F3N6O2/c1-19(38)33-21-11-16-36(17-12-21)27(39)25-22-5-2-3-7-24(22)37(34-25)18-10-20-8-14-35(15-9-20)26-23(28(29,30)31)6-4-13-32-26/h4,6,13,20-21H,2-3,5,7-12,14-18H2,1H3,(H,33,38). The minimum atomic E-state index is -4.42. The number of alkyl halides is 3. The number of fused-ring (bicyclic) bond motifs is 1. The summed E-state index contributed by atoms with van der Waals surface area (Å²) in [4.78, 5) is 32.5. The van der Waals surface area contributed by atoms with Crippen molar-refractivity contribution in [3.63, 3.8) is 0 Å². The summed E-state index contributed by atoms with van der Waals surface area (Å²) in [5.74, 6) is 0.349. The van der Waals surface area contributed by atoms with Gasteiger partial charge in [-0.15, -0.1) is 0 Å². The number of piperidine rings is 2. The molecule has 1 aliphatic carbocycles. The fourth-order valence-electron chi connectivity index (χ4n) is 6.30. The Bertz CT molecular complexity index is 1180. The quantitative estimate of drug-likeness (QED) is 0.587. The van der Waals surface area contributed by atoms with Crippen molar-refractivity contribution in [1.29, 1.82) is 0 Å². The monoisotopic (exact) mass is 546 g/mol. The molecule has 0 bridgehead atoms. The van der Waals surface area contributed by atoms with Crippen molar-refractivity contribution in [1.82, 2.24) is 25.0 Å². The van der Waals surface area contributed by atoms with Crippen molar-refractivity contribution < 1.29 is 22.8 Å². The third-order valence-corrected chi connectivity index (χ3v) is 8.40. The third-order valence-electron chi connectivity index (χ3n) is 8.40. The number of rotatable bonds is 6. The summed E-state index contributed by atoms with van der Waals surface area (Å²) < 4.78 is 42.4. The van der Waals surface area contributed by atoms with E-state index in [0.29, 0.717) is 44.3 Å². The molecule has 2 saturated heterocycles. The van der Waals surface area contributed by atoms with Crippen molar-refractivity contribution in [3.05, 3.63) is 40.8 Å². The lowest BCUT2D eigenvalue weighted by molar-refractivity contribution is -0.137. The van der Waals surface area contributed by atoms with Crippen LogP contribution in [0.15, 0.2) is 18.3 Å². The van der Waals surface area contributed by atoms with E-state index in [1.54, 1.807) is 4.90 Å². The van der Waals surface area contributed by atoms with Gasteiger partial charge in [-0.25, -0.2) is 4.98 Å². The van der Waals surface area contributed by atoms with E-state index in [-0.39, 0.29) is 23.7 Å². The number of anilines is 1. The zero-order valence-corrected chi connectivity index (χ0v) is 22.5. The number of halogens is 3. The first kappa shape index (κ1) is 27.5. The zero-order valence-electron chi connectivity index (χ0n) is 22.5.